The molecule has 0 fully saturated rings. The Morgan fingerprint density at radius 1 is 0.875 bits per heavy atom. The molecule has 0 aliphatic heterocycles. The van der Waals surface area contributed by atoms with Crippen molar-refractivity contribution in [2.75, 3.05) is 0 Å². The van der Waals surface area contributed by atoms with Gasteiger partial charge in [0.15, 0.2) is 0 Å². The van der Waals surface area contributed by atoms with Crippen molar-refractivity contribution in [2.24, 2.45) is 0 Å². The Morgan fingerprint density at radius 3 is 1.75 bits per heavy atom. The molecule has 1 rings (SSSR count). The van der Waals surface area contributed by atoms with E-state index < -0.39 is 28.4 Å². The van der Waals surface area contributed by atoms with Crippen LogP contribution in [-0.2, 0) is 31.8 Å². The van der Waals surface area contributed by atoms with E-state index in [1.54, 1.807) is 0 Å². The van der Waals surface area contributed by atoms with Crippen molar-refractivity contribution in [3.05, 3.63) is 29.3 Å². The van der Waals surface area contributed by atoms with E-state index in [1.165, 1.54) is 0 Å². The van der Waals surface area contributed by atoms with Gasteiger partial charge in [-0.1, -0.05) is 0 Å². The van der Waals surface area contributed by atoms with Crippen LogP contribution in [0.5, 0.6) is 0 Å². The minimum atomic E-state index is -4.83. The molecule has 0 radical (unpaired) electrons. The number of thiol groups is 1. The van der Waals surface area contributed by atoms with Gasteiger partial charge in [0.1, 0.15) is 0 Å². The maximum atomic E-state index is 12.2. The summed E-state index contributed by atoms with van der Waals surface area (Å²) in [5, 5.41) is 0. The number of hydrogen-bond acceptors (Lipinski definition) is 1. The molecule has 0 spiro atoms. The topological polar surface area (TPSA) is 0 Å². The first-order valence-electron chi connectivity index (χ1n) is 3.60. The standard InChI is InChI=1S/C8H4F6S.Zn/c9-7(10,11)4-1-2-6(15)5(3-4)8(12,13)14;/h1-3,15H;. The van der Waals surface area contributed by atoms with Crippen molar-refractivity contribution in [1.29, 1.82) is 0 Å². The number of rotatable bonds is 0. The molecule has 0 unspecified atom stereocenters. The molecule has 0 amide bonds. The SMILES string of the molecule is FC(F)(F)c1ccc(S)c(C(F)(F)F)c1.[Zn]. The van der Waals surface area contributed by atoms with Gasteiger partial charge in [-0.15, -0.1) is 12.6 Å². The van der Waals surface area contributed by atoms with Crippen molar-refractivity contribution in [3.8, 4) is 0 Å². The smallest absolute Gasteiger partial charge is 0.166 e. The third-order valence-electron chi connectivity index (χ3n) is 1.63. The first-order chi connectivity index (χ1) is 6.62. The van der Waals surface area contributed by atoms with E-state index in [9.17, 15) is 26.3 Å². The van der Waals surface area contributed by atoms with Crippen LogP contribution in [0.15, 0.2) is 23.1 Å². The van der Waals surface area contributed by atoms with E-state index in [-0.39, 0.29) is 25.5 Å². The Morgan fingerprint density at radius 2 is 1.38 bits per heavy atom. The molecule has 0 bridgehead atoms. The molecular weight excluding hydrogens is 308 g/mol. The molecule has 0 aliphatic rings. The van der Waals surface area contributed by atoms with Gasteiger partial charge in [-0.25, -0.2) is 0 Å². The number of halogens is 6. The average Bonchev–Trinajstić information content (AvgIpc) is 2.00. The molecule has 8 heteroatoms. The second kappa shape index (κ2) is 4.96. The van der Waals surface area contributed by atoms with Gasteiger partial charge in [0.05, 0.1) is 11.1 Å². The van der Waals surface area contributed by atoms with Gasteiger partial charge in [0, 0.05) is 24.4 Å². The van der Waals surface area contributed by atoms with Crippen LogP contribution in [0.1, 0.15) is 11.1 Å². The van der Waals surface area contributed by atoms with Gasteiger partial charge in [0.2, 0.25) is 0 Å². The summed E-state index contributed by atoms with van der Waals surface area (Å²) in [6.45, 7) is 0. The van der Waals surface area contributed by atoms with E-state index in [2.05, 4.69) is 12.6 Å². The summed E-state index contributed by atoms with van der Waals surface area (Å²) in [4.78, 5) is -0.532. The summed E-state index contributed by atoms with van der Waals surface area (Å²) in [5.41, 5.74) is -2.73. The van der Waals surface area contributed by atoms with E-state index in [1.807, 2.05) is 0 Å². The molecule has 1 aromatic carbocycles. The molecule has 0 aromatic heterocycles. The average molecular weight is 312 g/mol. The van der Waals surface area contributed by atoms with Crippen molar-refractivity contribution in [2.45, 2.75) is 17.2 Å². The summed E-state index contributed by atoms with van der Waals surface area (Å²) in [7, 11) is 0. The second-order valence-electron chi connectivity index (χ2n) is 2.73. The van der Waals surface area contributed by atoms with Crippen LogP contribution < -0.4 is 0 Å². The first-order valence-corrected chi connectivity index (χ1v) is 4.04. The Balaban J connectivity index is 0.00000225. The minimum Gasteiger partial charge on any atom is -0.166 e. The van der Waals surface area contributed by atoms with Crippen molar-refractivity contribution < 1.29 is 45.8 Å². The normalized spacial score (nSPS) is 12.2. The fourth-order valence-corrected chi connectivity index (χ4v) is 1.21. The van der Waals surface area contributed by atoms with E-state index in [0.29, 0.717) is 12.1 Å². The second-order valence-corrected chi connectivity index (χ2v) is 3.21. The largest absolute Gasteiger partial charge is 0.417 e. The van der Waals surface area contributed by atoms with Gasteiger partial charge < -0.3 is 0 Å². The fraction of sp³-hybridized carbons (Fsp3) is 0.250. The predicted octanol–water partition coefficient (Wildman–Crippen LogP) is 4.01. The monoisotopic (exact) mass is 310 g/mol. The Hall–Kier alpha value is -0.227. The maximum absolute atomic E-state index is 12.2. The van der Waals surface area contributed by atoms with Crippen molar-refractivity contribution >= 4 is 12.6 Å². The summed E-state index contributed by atoms with van der Waals surface area (Å²) in [6, 6.07) is 1.27. The molecule has 0 saturated carbocycles. The maximum Gasteiger partial charge on any atom is 0.417 e. The molecule has 0 N–H and O–H groups in total. The molecule has 0 aliphatic carbocycles. The van der Waals surface area contributed by atoms with E-state index in [0.717, 1.165) is 0 Å². The minimum absolute atomic E-state index is 0. The molecule has 0 saturated heterocycles. The molecule has 86 valence electrons. The van der Waals surface area contributed by atoms with Gasteiger partial charge in [-0.05, 0) is 18.2 Å². The molecule has 0 heterocycles. The molecule has 0 atom stereocenters. The van der Waals surface area contributed by atoms with E-state index >= 15 is 0 Å². The van der Waals surface area contributed by atoms with Gasteiger partial charge >= 0.3 is 12.4 Å². The Kier molecular flexibility index (Phi) is 4.89. The Labute approximate surface area is 105 Å². The number of benzene rings is 1. The third kappa shape index (κ3) is 3.66. The van der Waals surface area contributed by atoms with Gasteiger partial charge in [-0.2, -0.15) is 26.3 Å². The zero-order valence-corrected chi connectivity index (χ0v) is 11.5. The zero-order valence-electron chi connectivity index (χ0n) is 7.65. The summed E-state index contributed by atoms with van der Waals surface area (Å²) in [6.07, 6.45) is -9.63. The molecule has 0 nitrogen and oxygen atoms in total. The fourth-order valence-electron chi connectivity index (χ4n) is 0.939. The van der Waals surface area contributed by atoms with Crippen LogP contribution in [0.3, 0.4) is 0 Å². The molecule has 16 heavy (non-hydrogen) atoms. The Bertz CT molecular complexity index is 370. The first kappa shape index (κ1) is 15.8. The van der Waals surface area contributed by atoms with Crippen molar-refractivity contribution in [3.63, 3.8) is 0 Å². The van der Waals surface area contributed by atoms with Crippen LogP contribution in [0, 0.1) is 0 Å². The predicted molar refractivity (Wildman–Crippen MR) is 43.7 cm³/mol. The van der Waals surface area contributed by atoms with Crippen molar-refractivity contribution in [1.82, 2.24) is 0 Å². The molecule has 1 aromatic rings. The van der Waals surface area contributed by atoms with Crippen LogP contribution in [0.2, 0.25) is 0 Å². The number of alkyl halides is 6. The van der Waals surface area contributed by atoms with Crippen LogP contribution in [0.4, 0.5) is 26.3 Å². The molecular formula is C8H4F6SZn. The van der Waals surface area contributed by atoms with Gasteiger partial charge in [-0.3, -0.25) is 0 Å². The summed E-state index contributed by atoms with van der Waals surface area (Å²) < 4.78 is 72.9. The van der Waals surface area contributed by atoms with Gasteiger partial charge in [0.25, 0.3) is 0 Å². The van der Waals surface area contributed by atoms with Crippen LogP contribution in [0.25, 0.3) is 0 Å². The third-order valence-corrected chi connectivity index (χ3v) is 2.02. The summed E-state index contributed by atoms with van der Waals surface area (Å²) in [5.74, 6) is 0. The quantitative estimate of drug-likeness (QED) is 0.418. The van der Waals surface area contributed by atoms with Crippen LogP contribution >= 0.6 is 12.6 Å². The van der Waals surface area contributed by atoms with Crippen LogP contribution in [-0.4, -0.2) is 0 Å². The summed E-state index contributed by atoms with van der Waals surface area (Å²) >= 11 is 3.45. The zero-order chi connectivity index (χ0) is 11.9. The number of hydrogen-bond donors (Lipinski definition) is 1. The van der Waals surface area contributed by atoms with E-state index in [4.69, 9.17) is 0 Å².